The number of nitrogens with one attached hydrogen (secondary N) is 1. The van der Waals surface area contributed by atoms with Crippen molar-refractivity contribution in [1.82, 2.24) is 10.2 Å². The van der Waals surface area contributed by atoms with Crippen LogP contribution in [0.15, 0.2) is 24.3 Å². The van der Waals surface area contributed by atoms with Gasteiger partial charge in [-0.25, -0.2) is 0 Å². The maximum absolute atomic E-state index is 10.6. The number of nitro benzene ring substituents is 1. The highest BCUT2D eigenvalue weighted by Crippen LogP contribution is 2.26. The minimum atomic E-state index is -0.349. The molecule has 2 aliphatic rings. The second-order valence-electron chi connectivity index (χ2n) is 5.61. The lowest BCUT2D eigenvalue weighted by atomic mass is 10.0. The Labute approximate surface area is 112 Å². The number of benzene rings is 1. The van der Waals surface area contributed by atoms with Crippen LogP contribution < -0.4 is 5.32 Å². The van der Waals surface area contributed by atoms with Gasteiger partial charge in [-0.2, -0.15) is 0 Å². The molecule has 2 atom stereocenters. The molecule has 1 aromatic rings. The lowest BCUT2D eigenvalue weighted by molar-refractivity contribution is -0.384. The van der Waals surface area contributed by atoms with Crippen LogP contribution in [0.1, 0.15) is 5.56 Å². The van der Waals surface area contributed by atoms with E-state index >= 15 is 0 Å². The van der Waals surface area contributed by atoms with Crippen molar-refractivity contribution in [3.05, 3.63) is 39.9 Å². The molecule has 1 N–H and O–H groups in total. The molecule has 0 spiro atoms. The number of nitrogens with zero attached hydrogens (tertiary/aromatic N) is 2. The first-order chi connectivity index (χ1) is 9.22. The molecule has 19 heavy (non-hydrogen) atoms. The minimum absolute atomic E-state index is 0.172. The Morgan fingerprint density at radius 2 is 1.84 bits per heavy atom. The molecule has 0 aromatic heterocycles. The Bertz CT molecular complexity index is 448. The molecule has 5 heteroatoms. The molecule has 2 fully saturated rings. The molecular weight excluding hydrogens is 242 g/mol. The van der Waals surface area contributed by atoms with Gasteiger partial charge < -0.3 is 10.2 Å². The highest BCUT2D eigenvalue weighted by molar-refractivity contribution is 5.32. The van der Waals surface area contributed by atoms with Gasteiger partial charge in [-0.3, -0.25) is 10.1 Å². The Balaban J connectivity index is 1.51. The average Bonchev–Trinajstić information content (AvgIpc) is 2.97. The molecule has 0 amide bonds. The van der Waals surface area contributed by atoms with Crippen molar-refractivity contribution >= 4 is 5.69 Å². The van der Waals surface area contributed by atoms with Gasteiger partial charge in [-0.05, 0) is 36.9 Å². The Hall–Kier alpha value is -1.46. The van der Waals surface area contributed by atoms with Crippen molar-refractivity contribution in [2.75, 3.05) is 32.7 Å². The number of fused-ring (bicyclic) bond motifs is 1. The monoisotopic (exact) mass is 261 g/mol. The third-order valence-corrected chi connectivity index (χ3v) is 4.33. The van der Waals surface area contributed by atoms with Crippen LogP contribution in [-0.2, 0) is 6.42 Å². The molecule has 0 aliphatic carbocycles. The number of nitro groups is 1. The second kappa shape index (κ2) is 5.27. The molecule has 0 radical (unpaired) electrons. The Kier molecular flexibility index (Phi) is 3.48. The fourth-order valence-electron chi connectivity index (χ4n) is 3.21. The molecule has 2 saturated heterocycles. The highest BCUT2D eigenvalue weighted by atomic mass is 16.6. The number of non-ortho nitro benzene ring substituents is 1. The van der Waals surface area contributed by atoms with Gasteiger partial charge in [0.1, 0.15) is 0 Å². The molecule has 102 valence electrons. The van der Waals surface area contributed by atoms with Crippen LogP contribution >= 0.6 is 0 Å². The summed E-state index contributed by atoms with van der Waals surface area (Å²) < 4.78 is 0. The Morgan fingerprint density at radius 3 is 2.42 bits per heavy atom. The predicted molar refractivity (Wildman–Crippen MR) is 73.1 cm³/mol. The third-order valence-electron chi connectivity index (χ3n) is 4.33. The first-order valence-corrected chi connectivity index (χ1v) is 6.89. The van der Waals surface area contributed by atoms with Crippen LogP contribution in [0.5, 0.6) is 0 Å². The number of hydrogen-bond acceptors (Lipinski definition) is 4. The molecule has 5 nitrogen and oxygen atoms in total. The van der Waals surface area contributed by atoms with E-state index in [-0.39, 0.29) is 10.6 Å². The molecule has 3 rings (SSSR count). The molecular formula is C14H19N3O2. The summed E-state index contributed by atoms with van der Waals surface area (Å²) in [5.41, 5.74) is 1.35. The lowest BCUT2D eigenvalue weighted by Gasteiger charge is -2.16. The molecule has 0 bridgehead atoms. The van der Waals surface area contributed by atoms with Gasteiger partial charge in [0.15, 0.2) is 0 Å². The summed E-state index contributed by atoms with van der Waals surface area (Å²) in [5, 5.41) is 14.0. The smallest absolute Gasteiger partial charge is 0.269 e. The fraction of sp³-hybridized carbons (Fsp3) is 0.571. The number of hydrogen-bond donors (Lipinski definition) is 1. The van der Waals surface area contributed by atoms with Gasteiger partial charge >= 0.3 is 0 Å². The molecule has 2 aliphatic heterocycles. The van der Waals surface area contributed by atoms with Crippen LogP contribution in [0.3, 0.4) is 0 Å². The van der Waals surface area contributed by atoms with Crippen molar-refractivity contribution in [1.29, 1.82) is 0 Å². The van der Waals surface area contributed by atoms with E-state index in [1.807, 2.05) is 12.1 Å². The van der Waals surface area contributed by atoms with Crippen molar-refractivity contribution in [2.24, 2.45) is 11.8 Å². The molecule has 1 aromatic carbocycles. The summed E-state index contributed by atoms with van der Waals surface area (Å²) in [5.74, 6) is 1.66. The first-order valence-electron chi connectivity index (χ1n) is 6.89. The zero-order valence-electron chi connectivity index (χ0n) is 10.9. The van der Waals surface area contributed by atoms with E-state index in [1.54, 1.807) is 12.1 Å². The first kappa shape index (κ1) is 12.6. The van der Waals surface area contributed by atoms with Crippen molar-refractivity contribution < 1.29 is 4.92 Å². The number of likely N-dealkylation sites (tertiary alicyclic amines) is 1. The summed E-state index contributed by atoms with van der Waals surface area (Å²) >= 11 is 0. The fourth-order valence-corrected chi connectivity index (χ4v) is 3.21. The summed E-state index contributed by atoms with van der Waals surface area (Å²) in [6, 6.07) is 6.93. The van der Waals surface area contributed by atoms with Crippen LogP contribution in [0, 0.1) is 22.0 Å². The van der Waals surface area contributed by atoms with Gasteiger partial charge in [-0.15, -0.1) is 0 Å². The maximum Gasteiger partial charge on any atom is 0.269 e. The standard InChI is InChI=1S/C14H19N3O2/c18-17(19)14-3-1-11(2-4-14)5-6-16-9-12-7-15-8-13(12)10-16/h1-4,12-13,15H,5-10H2. The summed E-state index contributed by atoms with van der Waals surface area (Å²) in [4.78, 5) is 12.8. The zero-order valence-corrected chi connectivity index (χ0v) is 10.9. The van der Waals surface area contributed by atoms with Gasteiger partial charge in [0.25, 0.3) is 5.69 Å². The van der Waals surface area contributed by atoms with Gasteiger partial charge in [-0.1, -0.05) is 12.1 Å². The summed E-state index contributed by atoms with van der Waals surface area (Å²) in [6.45, 7) is 5.79. The third kappa shape index (κ3) is 2.77. The molecule has 0 saturated carbocycles. The van der Waals surface area contributed by atoms with Crippen molar-refractivity contribution in [2.45, 2.75) is 6.42 Å². The van der Waals surface area contributed by atoms with Gasteiger partial charge in [0.2, 0.25) is 0 Å². The molecule has 2 unspecified atom stereocenters. The van der Waals surface area contributed by atoms with E-state index in [0.29, 0.717) is 0 Å². The van der Waals surface area contributed by atoms with Crippen LogP contribution in [-0.4, -0.2) is 42.5 Å². The normalized spacial score (nSPS) is 26.5. The van der Waals surface area contributed by atoms with E-state index in [0.717, 1.165) is 24.8 Å². The van der Waals surface area contributed by atoms with Crippen molar-refractivity contribution in [3.63, 3.8) is 0 Å². The van der Waals surface area contributed by atoms with Crippen LogP contribution in [0.2, 0.25) is 0 Å². The van der Waals surface area contributed by atoms with Gasteiger partial charge in [0, 0.05) is 31.8 Å². The average molecular weight is 261 g/mol. The SMILES string of the molecule is O=[N+]([O-])c1ccc(CCN2CC3CNCC3C2)cc1. The number of rotatable bonds is 4. The zero-order chi connectivity index (χ0) is 13.2. The lowest BCUT2D eigenvalue weighted by Crippen LogP contribution is -2.27. The van der Waals surface area contributed by atoms with E-state index < -0.39 is 0 Å². The van der Waals surface area contributed by atoms with E-state index in [9.17, 15) is 10.1 Å². The largest absolute Gasteiger partial charge is 0.316 e. The van der Waals surface area contributed by atoms with Gasteiger partial charge in [0.05, 0.1) is 4.92 Å². The van der Waals surface area contributed by atoms with Crippen molar-refractivity contribution in [3.8, 4) is 0 Å². The topological polar surface area (TPSA) is 58.4 Å². The van der Waals surface area contributed by atoms with Crippen LogP contribution in [0.25, 0.3) is 0 Å². The minimum Gasteiger partial charge on any atom is -0.316 e. The molecule has 2 heterocycles. The summed E-state index contributed by atoms with van der Waals surface area (Å²) in [7, 11) is 0. The van der Waals surface area contributed by atoms with E-state index in [4.69, 9.17) is 0 Å². The predicted octanol–water partition coefficient (Wildman–Crippen LogP) is 1.29. The Morgan fingerprint density at radius 1 is 1.21 bits per heavy atom. The highest BCUT2D eigenvalue weighted by Gasteiger charge is 2.35. The quantitative estimate of drug-likeness (QED) is 0.655. The van der Waals surface area contributed by atoms with E-state index in [2.05, 4.69) is 10.2 Å². The van der Waals surface area contributed by atoms with E-state index in [1.165, 1.54) is 31.7 Å². The van der Waals surface area contributed by atoms with Crippen LogP contribution in [0.4, 0.5) is 5.69 Å². The summed E-state index contributed by atoms with van der Waals surface area (Å²) in [6.07, 6.45) is 0.977. The maximum atomic E-state index is 10.6. The second-order valence-corrected chi connectivity index (χ2v) is 5.61.